The Morgan fingerprint density at radius 3 is 2.50 bits per heavy atom. The number of benzene rings is 1. The molecule has 0 aromatic heterocycles. The van der Waals surface area contributed by atoms with Gasteiger partial charge in [-0.3, -0.25) is 4.79 Å². The molecule has 1 aliphatic heterocycles. The molecule has 1 heterocycles. The minimum absolute atomic E-state index is 0. The van der Waals surface area contributed by atoms with Crippen molar-refractivity contribution in [3.8, 4) is 5.75 Å². The molecule has 1 fully saturated rings. The molecule has 2 rings (SSSR count). The maximum absolute atomic E-state index is 13.6. The molecule has 4 nitrogen and oxygen atoms in total. The van der Waals surface area contributed by atoms with Gasteiger partial charge in [0.25, 0.3) is 0 Å². The molecule has 2 N–H and O–H groups in total. The van der Waals surface area contributed by atoms with E-state index in [2.05, 4.69) is 0 Å². The number of hydrogen-bond donors (Lipinski definition) is 1. The first kappa shape index (κ1) is 20.6. The van der Waals surface area contributed by atoms with Gasteiger partial charge in [0, 0.05) is 32.0 Å². The highest BCUT2D eigenvalue weighted by Gasteiger charge is 2.27. The Hall–Kier alpha value is -1.40. The fraction of sp³-hybridized carbons (Fsp3) is 0.588. The summed E-state index contributed by atoms with van der Waals surface area (Å²) in [6.07, 6.45) is 1.70. The lowest BCUT2D eigenvalue weighted by atomic mass is 10.0. The summed E-state index contributed by atoms with van der Waals surface area (Å²) in [5.74, 6) is -0.953. The highest BCUT2D eigenvalue weighted by atomic mass is 35.5. The van der Waals surface area contributed by atoms with Crippen molar-refractivity contribution in [3.05, 3.63) is 29.8 Å². The van der Waals surface area contributed by atoms with Gasteiger partial charge in [0.1, 0.15) is 11.9 Å². The quantitative estimate of drug-likeness (QED) is 0.875. The third-order valence-electron chi connectivity index (χ3n) is 3.98. The van der Waals surface area contributed by atoms with Gasteiger partial charge in [0.15, 0.2) is 11.6 Å². The van der Waals surface area contributed by atoms with Crippen LogP contribution in [0.25, 0.3) is 0 Å². The summed E-state index contributed by atoms with van der Waals surface area (Å²) >= 11 is 0. The molecule has 0 unspecified atom stereocenters. The molecular formula is C17H25ClF2N2O2. The number of carbonyl (C=O) groups is 1. The van der Waals surface area contributed by atoms with Crippen molar-refractivity contribution in [1.82, 2.24) is 4.90 Å². The monoisotopic (exact) mass is 362 g/mol. The molecule has 1 amide bonds. The van der Waals surface area contributed by atoms with Crippen LogP contribution in [0.5, 0.6) is 5.75 Å². The van der Waals surface area contributed by atoms with Gasteiger partial charge in [-0.05, 0) is 24.5 Å². The highest BCUT2D eigenvalue weighted by Crippen LogP contribution is 2.23. The number of hydrogen-bond acceptors (Lipinski definition) is 3. The normalized spacial score (nSPS) is 16.7. The molecule has 1 aromatic rings. The summed E-state index contributed by atoms with van der Waals surface area (Å²) in [7, 11) is 0. The summed E-state index contributed by atoms with van der Waals surface area (Å²) in [5, 5.41) is 0. The van der Waals surface area contributed by atoms with Gasteiger partial charge in [-0.2, -0.15) is 0 Å². The number of piperidine rings is 1. The summed E-state index contributed by atoms with van der Waals surface area (Å²) in [5.41, 5.74) is 5.93. The number of carbonyl (C=O) groups excluding carboxylic acids is 1. The van der Waals surface area contributed by atoms with Crippen LogP contribution in [0.2, 0.25) is 0 Å². The molecule has 1 aliphatic rings. The van der Waals surface area contributed by atoms with E-state index >= 15 is 0 Å². The van der Waals surface area contributed by atoms with Crippen LogP contribution in [-0.4, -0.2) is 36.0 Å². The molecule has 0 bridgehead atoms. The summed E-state index contributed by atoms with van der Waals surface area (Å²) in [6.45, 7) is 5.14. The topological polar surface area (TPSA) is 55.6 Å². The van der Waals surface area contributed by atoms with Crippen LogP contribution in [-0.2, 0) is 4.79 Å². The zero-order valence-electron chi connectivity index (χ0n) is 14.0. The molecule has 0 spiro atoms. The average molecular weight is 363 g/mol. The van der Waals surface area contributed by atoms with Crippen molar-refractivity contribution < 1.29 is 18.3 Å². The summed E-state index contributed by atoms with van der Waals surface area (Å²) < 4.78 is 32.1. The van der Waals surface area contributed by atoms with Crippen LogP contribution >= 0.6 is 12.4 Å². The predicted octanol–water partition coefficient (Wildman–Crippen LogP) is 3.13. The molecule has 1 saturated heterocycles. The van der Waals surface area contributed by atoms with E-state index in [1.165, 1.54) is 12.1 Å². The van der Waals surface area contributed by atoms with Crippen molar-refractivity contribution in [2.24, 2.45) is 11.7 Å². The van der Waals surface area contributed by atoms with Crippen LogP contribution < -0.4 is 10.5 Å². The van der Waals surface area contributed by atoms with Gasteiger partial charge in [-0.1, -0.05) is 13.8 Å². The Morgan fingerprint density at radius 2 is 1.96 bits per heavy atom. The van der Waals surface area contributed by atoms with E-state index in [0.29, 0.717) is 38.3 Å². The van der Waals surface area contributed by atoms with E-state index in [1.807, 2.05) is 13.8 Å². The van der Waals surface area contributed by atoms with Crippen LogP contribution in [0.4, 0.5) is 8.78 Å². The fourth-order valence-electron chi connectivity index (χ4n) is 2.79. The molecular weight excluding hydrogens is 338 g/mol. The number of halogens is 3. The lowest BCUT2D eigenvalue weighted by Crippen LogP contribution is -2.49. The molecule has 136 valence electrons. The molecule has 1 atom stereocenters. The van der Waals surface area contributed by atoms with Gasteiger partial charge >= 0.3 is 0 Å². The zero-order valence-corrected chi connectivity index (χ0v) is 14.8. The van der Waals surface area contributed by atoms with E-state index < -0.39 is 17.7 Å². The first-order valence-electron chi connectivity index (χ1n) is 8.03. The largest absolute Gasteiger partial charge is 0.487 e. The second-order valence-electron chi connectivity index (χ2n) is 6.45. The van der Waals surface area contributed by atoms with Crippen LogP contribution in [0.15, 0.2) is 18.2 Å². The molecule has 1 aromatic carbocycles. The van der Waals surface area contributed by atoms with Gasteiger partial charge in [-0.15, -0.1) is 12.4 Å². The molecule has 0 aliphatic carbocycles. The van der Waals surface area contributed by atoms with Crippen LogP contribution in [0.1, 0.15) is 33.1 Å². The third kappa shape index (κ3) is 5.60. The van der Waals surface area contributed by atoms with E-state index in [0.717, 1.165) is 6.07 Å². The van der Waals surface area contributed by atoms with Gasteiger partial charge in [0.2, 0.25) is 5.91 Å². The number of likely N-dealkylation sites (tertiary alicyclic amines) is 1. The van der Waals surface area contributed by atoms with Crippen molar-refractivity contribution in [2.45, 2.75) is 45.3 Å². The smallest absolute Gasteiger partial charge is 0.239 e. The standard InChI is InChI=1S/C17H24F2N2O2.ClH/c1-11(2)9-15(20)17(22)21-7-5-13(6-8-21)23-16-4-3-12(18)10-14(16)19;/h3-4,10-11,13,15H,5-9,20H2,1-2H3;1H/t15-;/m0./s1. The van der Waals surface area contributed by atoms with Gasteiger partial charge < -0.3 is 15.4 Å². The Morgan fingerprint density at radius 1 is 1.33 bits per heavy atom. The summed E-state index contributed by atoms with van der Waals surface area (Å²) in [4.78, 5) is 14.0. The molecule has 0 radical (unpaired) electrons. The predicted molar refractivity (Wildman–Crippen MR) is 91.3 cm³/mol. The lowest BCUT2D eigenvalue weighted by Gasteiger charge is -2.34. The maximum Gasteiger partial charge on any atom is 0.239 e. The van der Waals surface area contributed by atoms with E-state index in [1.54, 1.807) is 4.90 Å². The Bertz CT molecular complexity index is 549. The molecule has 7 heteroatoms. The van der Waals surface area contributed by atoms with Crippen molar-refractivity contribution in [3.63, 3.8) is 0 Å². The second-order valence-corrected chi connectivity index (χ2v) is 6.45. The fourth-order valence-corrected chi connectivity index (χ4v) is 2.79. The highest BCUT2D eigenvalue weighted by molar-refractivity contribution is 5.85. The summed E-state index contributed by atoms with van der Waals surface area (Å²) in [6, 6.07) is 2.80. The van der Waals surface area contributed by atoms with E-state index in [-0.39, 0.29) is 30.2 Å². The lowest BCUT2D eigenvalue weighted by molar-refractivity contribution is -0.134. The first-order chi connectivity index (χ1) is 10.9. The minimum Gasteiger partial charge on any atom is -0.487 e. The molecule has 0 saturated carbocycles. The average Bonchev–Trinajstić information content (AvgIpc) is 2.49. The Balaban J connectivity index is 0.00000288. The zero-order chi connectivity index (χ0) is 17.0. The number of ether oxygens (including phenoxy) is 1. The second kappa shape index (κ2) is 9.18. The van der Waals surface area contributed by atoms with Crippen molar-refractivity contribution in [2.75, 3.05) is 13.1 Å². The van der Waals surface area contributed by atoms with E-state index in [4.69, 9.17) is 10.5 Å². The molecule has 24 heavy (non-hydrogen) atoms. The van der Waals surface area contributed by atoms with Crippen LogP contribution in [0, 0.1) is 17.6 Å². The minimum atomic E-state index is -0.706. The number of rotatable bonds is 5. The van der Waals surface area contributed by atoms with Crippen molar-refractivity contribution >= 4 is 18.3 Å². The van der Waals surface area contributed by atoms with Crippen molar-refractivity contribution in [1.29, 1.82) is 0 Å². The SMILES string of the molecule is CC(C)C[C@H](N)C(=O)N1CCC(Oc2ccc(F)cc2F)CC1.Cl. The number of nitrogens with zero attached hydrogens (tertiary/aromatic N) is 1. The van der Waals surface area contributed by atoms with Gasteiger partial charge in [0.05, 0.1) is 6.04 Å². The Kier molecular flexibility index (Phi) is 7.90. The number of amides is 1. The van der Waals surface area contributed by atoms with E-state index in [9.17, 15) is 13.6 Å². The van der Waals surface area contributed by atoms with Gasteiger partial charge in [-0.25, -0.2) is 8.78 Å². The maximum atomic E-state index is 13.6. The number of nitrogens with two attached hydrogens (primary N) is 1. The third-order valence-corrected chi connectivity index (χ3v) is 3.98. The first-order valence-corrected chi connectivity index (χ1v) is 8.03. The van der Waals surface area contributed by atoms with Crippen LogP contribution in [0.3, 0.4) is 0 Å². The Labute approximate surface area is 147 Å².